The van der Waals surface area contributed by atoms with Crippen molar-refractivity contribution in [2.75, 3.05) is 13.7 Å². The summed E-state index contributed by atoms with van der Waals surface area (Å²) in [4.78, 5) is 15.0. The first-order valence-electron chi connectivity index (χ1n) is 2.55. The minimum atomic E-state index is -0.704. The van der Waals surface area contributed by atoms with Gasteiger partial charge >= 0.3 is 6.17 Å². The van der Waals surface area contributed by atoms with Crippen molar-refractivity contribution in [3.8, 4) is 0 Å². The van der Waals surface area contributed by atoms with Crippen LogP contribution in [0.1, 0.15) is 0 Å². The van der Waals surface area contributed by atoms with Gasteiger partial charge in [0.2, 0.25) is 0 Å². The highest BCUT2D eigenvalue weighted by Crippen LogP contribution is 2.00. The smallest absolute Gasteiger partial charge is 0.273 e. The van der Waals surface area contributed by atoms with Crippen molar-refractivity contribution in [1.82, 2.24) is 4.90 Å². The number of hydrogen-bond acceptors (Lipinski definition) is 4. The molecule has 0 radical (unpaired) electrons. The molecule has 1 aliphatic heterocycles. The zero-order valence-electron chi connectivity index (χ0n) is 5.02. The Bertz CT molecular complexity index is 156. The van der Waals surface area contributed by atoms with E-state index in [1.165, 1.54) is 6.21 Å². The van der Waals surface area contributed by atoms with Crippen LogP contribution in [0.15, 0.2) is 4.99 Å². The summed E-state index contributed by atoms with van der Waals surface area (Å²) in [6, 6.07) is 0. The third kappa shape index (κ3) is 1.05. The molecule has 1 aliphatic rings. The van der Waals surface area contributed by atoms with Crippen molar-refractivity contribution in [2.24, 2.45) is 4.99 Å². The van der Waals surface area contributed by atoms with Gasteiger partial charge in [0.05, 0.1) is 12.9 Å². The summed E-state index contributed by atoms with van der Waals surface area (Å²) in [6.07, 6.45) is 0.644. The highest BCUT2D eigenvalue weighted by molar-refractivity contribution is 5.63. The molecule has 0 spiro atoms. The topological polar surface area (TPSA) is 58.7 Å². The predicted molar refractivity (Wildman–Crippen MR) is 31.9 cm³/mol. The van der Waals surface area contributed by atoms with Crippen LogP contribution in [-0.2, 0) is 0 Å². The van der Waals surface area contributed by atoms with Gasteiger partial charge in [-0.2, -0.15) is 0 Å². The quantitative estimate of drug-likeness (QED) is 0.356. The maximum Gasteiger partial charge on any atom is 0.305 e. The number of hydrogen-bond donors (Lipinski definition) is 0. The van der Waals surface area contributed by atoms with E-state index in [0.717, 1.165) is 0 Å². The lowest BCUT2D eigenvalue weighted by atomic mass is 10.5. The van der Waals surface area contributed by atoms with Gasteiger partial charge in [-0.05, 0) is 7.05 Å². The molecule has 0 saturated carbocycles. The minimum absolute atomic E-state index is 0.365. The molecule has 0 aromatic rings. The molecule has 0 saturated heterocycles. The predicted octanol–water partition coefficient (Wildman–Crippen LogP) is -0.437. The highest BCUT2D eigenvalue weighted by Gasteiger charge is 2.26. The van der Waals surface area contributed by atoms with E-state index in [4.69, 9.17) is 0 Å². The van der Waals surface area contributed by atoms with Gasteiger partial charge < -0.3 is 0 Å². The average molecular weight is 129 g/mol. The maximum atomic E-state index is 10.1. The molecule has 5 nitrogen and oxygen atoms in total. The second kappa shape index (κ2) is 2.10. The molecular formula is C4H7N3O2. The van der Waals surface area contributed by atoms with Gasteiger partial charge in [0.15, 0.2) is 0 Å². The van der Waals surface area contributed by atoms with Gasteiger partial charge in [0, 0.05) is 4.92 Å². The van der Waals surface area contributed by atoms with Crippen molar-refractivity contribution < 1.29 is 4.92 Å². The van der Waals surface area contributed by atoms with E-state index in [1.807, 2.05) is 0 Å². The molecule has 0 amide bonds. The van der Waals surface area contributed by atoms with Crippen molar-refractivity contribution in [1.29, 1.82) is 0 Å². The molecule has 1 rings (SSSR count). The van der Waals surface area contributed by atoms with E-state index < -0.39 is 6.17 Å². The van der Waals surface area contributed by atoms with Gasteiger partial charge in [0.25, 0.3) is 0 Å². The number of nitro groups is 1. The Hall–Kier alpha value is -0.970. The van der Waals surface area contributed by atoms with E-state index in [1.54, 1.807) is 11.9 Å². The fourth-order valence-electron chi connectivity index (χ4n) is 0.683. The molecule has 0 aliphatic carbocycles. The molecule has 0 aromatic carbocycles. The van der Waals surface area contributed by atoms with Crippen LogP contribution in [0.3, 0.4) is 0 Å². The van der Waals surface area contributed by atoms with Gasteiger partial charge in [-0.3, -0.25) is 15.1 Å². The first kappa shape index (κ1) is 6.15. The Morgan fingerprint density at radius 3 is 2.89 bits per heavy atom. The van der Waals surface area contributed by atoms with Crippen LogP contribution in [0.2, 0.25) is 0 Å². The molecule has 9 heavy (non-hydrogen) atoms. The fourth-order valence-corrected chi connectivity index (χ4v) is 0.683. The van der Waals surface area contributed by atoms with Crippen molar-refractivity contribution in [3.05, 3.63) is 10.1 Å². The molecular weight excluding hydrogens is 122 g/mol. The lowest BCUT2D eigenvalue weighted by Crippen LogP contribution is -2.34. The Morgan fingerprint density at radius 1 is 2.00 bits per heavy atom. The molecule has 0 bridgehead atoms. The van der Waals surface area contributed by atoms with Crippen molar-refractivity contribution >= 4 is 6.21 Å². The largest absolute Gasteiger partial charge is 0.305 e. The Balaban J connectivity index is 2.59. The van der Waals surface area contributed by atoms with Gasteiger partial charge in [-0.15, -0.1) is 0 Å². The Morgan fingerprint density at radius 2 is 2.67 bits per heavy atom. The normalized spacial score (nSPS) is 27.0. The minimum Gasteiger partial charge on any atom is -0.273 e. The fraction of sp³-hybridized carbons (Fsp3) is 0.750. The number of rotatable bonds is 1. The molecule has 1 heterocycles. The summed E-state index contributed by atoms with van der Waals surface area (Å²) in [5, 5.41) is 10.1. The standard InChI is InChI=1S/C4H7N3O2/c1-6-3-5-2-4(6)7(8)9/h2,4H,3H2,1H3. The van der Waals surface area contributed by atoms with Crippen LogP contribution < -0.4 is 0 Å². The summed E-state index contributed by atoms with van der Waals surface area (Å²) >= 11 is 0. The number of nitrogens with zero attached hydrogens (tertiary/aromatic N) is 3. The Kier molecular flexibility index (Phi) is 1.44. The summed E-state index contributed by atoms with van der Waals surface area (Å²) in [7, 11) is 1.67. The summed E-state index contributed by atoms with van der Waals surface area (Å²) in [5.41, 5.74) is 0. The molecule has 1 atom stereocenters. The second-order valence-corrected chi connectivity index (χ2v) is 1.93. The summed E-state index contributed by atoms with van der Waals surface area (Å²) < 4.78 is 0. The summed E-state index contributed by atoms with van der Waals surface area (Å²) in [6.45, 7) is 0.436. The van der Waals surface area contributed by atoms with Crippen LogP contribution in [0.25, 0.3) is 0 Å². The second-order valence-electron chi connectivity index (χ2n) is 1.93. The first-order valence-corrected chi connectivity index (χ1v) is 2.55. The van der Waals surface area contributed by atoms with Gasteiger partial charge in [-0.1, -0.05) is 0 Å². The molecule has 0 fully saturated rings. The first-order chi connectivity index (χ1) is 4.22. The third-order valence-corrected chi connectivity index (χ3v) is 1.21. The molecule has 0 N–H and O–H groups in total. The molecule has 50 valence electrons. The van der Waals surface area contributed by atoms with Crippen LogP contribution in [0, 0.1) is 10.1 Å². The van der Waals surface area contributed by atoms with Crippen molar-refractivity contribution in [3.63, 3.8) is 0 Å². The van der Waals surface area contributed by atoms with E-state index >= 15 is 0 Å². The number of aliphatic imine (C=N–C) groups is 1. The lowest BCUT2D eigenvalue weighted by Gasteiger charge is -2.07. The highest BCUT2D eigenvalue weighted by atomic mass is 16.6. The van der Waals surface area contributed by atoms with Crippen LogP contribution in [-0.4, -0.2) is 35.9 Å². The van der Waals surface area contributed by atoms with E-state index in [0.29, 0.717) is 6.67 Å². The zero-order chi connectivity index (χ0) is 6.85. The SMILES string of the molecule is CN1CN=CC1[N+](=O)[O-]. The Labute approximate surface area is 52.1 Å². The van der Waals surface area contributed by atoms with Crippen LogP contribution in [0.5, 0.6) is 0 Å². The summed E-state index contributed by atoms with van der Waals surface area (Å²) in [5.74, 6) is 0. The molecule has 5 heteroatoms. The van der Waals surface area contributed by atoms with Gasteiger partial charge in [-0.25, -0.2) is 4.90 Å². The molecule has 0 aromatic heterocycles. The molecule has 1 unspecified atom stereocenters. The lowest BCUT2D eigenvalue weighted by molar-refractivity contribution is -0.524. The zero-order valence-corrected chi connectivity index (χ0v) is 5.02. The third-order valence-electron chi connectivity index (χ3n) is 1.21. The van der Waals surface area contributed by atoms with Gasteiger partial charge in [0.1, 0.15) is 0 Å². The van der Waals surface area contributed by atoms with Crippen LogP contribution >= 0.6 is 0 Å². The van der Waals surface area contributed by atoms with E-state index in [9.17, 15) is 10.1 Å². The average Bonchev–Trinajstić information content (AvgIpc) is 2.13. The van der Waals surface area contributed by atoms with E-state index in [2.05, 4.69) is 4.99 Å². The van der Waals surface area contributed by atoms with E-state index in [-0.39, 0.29) is 4.92 Å². The van der Waals surface area contributed by atoms with Crippen LogP contribution in [0.4, 0.5) is 0 Å². The monoisotopic (exact) mass is 129 g/mol. The van der Waals surface area contributed by atoms with Crippen molar-refractivity contribution in [2.45, 2.75) is 6.17 Å². The maximum absolute atomic E-state index is 10.1.